The average Bonchev–Trinajstić information content (AvgIpc) is 2.89. The Kier molecular flexibility index (Phi) is 6.01. The number of aromatic nitrogens is 5. The molecular weight excluding hydrogens is 472 g/mol. The monoisotopic (exact) mass is 490 g/mol. The molecule has 1 atom stereocenters. The number of benzene rings is 2. The van der Waals surface area contributed by atoms with Crippen LogP contribution in [0.4, 0.5) is 23.4 Å². The largest absolute Gasteiger partial charge is 0.451 e. The molecule has 6 nitrogen and oxygen atoms in total. The summed E-state index contributed by atoms with van der Waals surface area (Å²) in [5, 5.41) is 3.93. The summed E-state index contributed by atoms with van der Waals surface area (Å²) in [5.41, 5.74) is 4.45. The van der Waals surface area contributed by atoms with Crippen LogP contribution in [-0.4, -0.2) is 24.9 Å². The zero-order valence-electron chi connectivity index (χ0n) is 18.8. The summed E-state index contributed by atoms with van der Waals surface area (Å²) in [6.45, 7) is 1.77. The van der Waals surface area contributed by atoms with E-state index in [9.17, 15) is 17.6 Å². The Morgan fingerprint density at radius 1 is 0.806 bits per heavy atom. The van der Waals surface area contributed by atoms with E-state index in [1.165, 1.54) is 18.5 Å². The zero-order valence-corrected chi connectivity index (χ0v) is 18.8. The Balaban J connectivity index is 1.60. The van der Waals surface area contributed by atoms with Gasteiger partial charge in [-0.3, -0.25) is 4.98 Å². The molecule has 10 heteroatoms. The molecule has 1 N–H and O–H groups in total. The van der Waals surface area contributed by atoms with Gasteiger partial charge in [0.25, 0.3) is 0 Å². The first-order chi connectivity index (χ1) is 17.3. The second-order valence-electron chi connectivity index (χ2n) is 8.09. The number of anilines is 1. The molecule has 3 heterocycles. The Hall–Kier alpha value is -4.47. The lowest BCUT2D eigenvalue weighted by Crippen LogP contribution is -2.14. The van der Waals surface area contributed by atoms with Gasteiger partial charge in [-0.05, 0) is 60.0 Å². The Bertz CT molecular complexity index is 1500. The van der Waals surface area contributed by atoms with Crippen molar-refractivity contribution < 1.29 is 17.6 Å². The van der Waals surface area contributed by atoms with E-state index >= 15 is 0 Å². The first-order valence-corrected chi connectivity index (χ1v) is 10.9. The number of rotatable bonds is 5. The fourth-order valence-corrected chi connectivity index (χ4v) is 3.84. The zero-order chi connectivity index (χ0) is 25.3. The fraction of sp³-hybridized carbons (Fsp3) is 0.115. The lowest BCUT2D eigenvalue weighted by atomic mass is 9.96. The van der Waals surface area contributed by atoms with Crippen LogP contribution in [0.2, 0.25) is 0 Å². The van der Waals surface area contributed by atoms with Gasteiger partial charge >= 0.3 is 6.18 Å². The van der Waals surface area contributed by atoms with Gasteiger partial charge in [-0.15, -0.1) is 0 Å². The van der Waals surface area contributed by atoms with Gasteiger partial charge in [0.2, 0.25) is 5.82 Å². The molecule has 180 valence electrons. The Morgan fingerprint density at radius 2 is 1.50 bits per heavy atom. The first-order valence-electron chi connectivity index (χ1n) is 10.9. The Labute approximate surface area is 203 Å². The van der Waals surface area contributed by atoms with Crippen LogP contribution in [-0.2, 0) is 6.18 Å². The lowest BCUT2D eigenvalue weighted by Gasteiger charge is -2.18. The molecule has 5 rings (SSSR count). The maximum Gasteiger partial charge on any atom is 0.451 e. The van der Waals surface area contributed by atoms with Gasteiger partial charge in [0.1, 0.15) is 18.0 Å². The van der Waals surface area contributed by atoms with Crippen molar-refractivity contribution in [1.82, 2.24) is 24.9 Å². The summed E-state index contributed by atoms with van der Waals surface area (Å²) in [5.74, 6) is -1.06. The van der Waals surface area contributed by atoms with Crippen molar-refractivity contribution in [1.29, 1.82) is 0 Å². The van der Waals surface area contributed by atoms with E-state index in [2.05, 4.69) is 30.2 Å². The molecule has 5 aromatic rings. The summed E-state index contributed by atoms with van der Waals surface area (Å²) < 4.78 is 52.1. The van der Waals surface area contributed by atoms with Gasteiger partial charge in [0.05, 0.1) is 11.6 Å². The molecule has 0 saturated carbocycles. The lowest BCUT2D eigenvalue weighted by molar-refractivity contribution is -0.145. The molecule has 1 unspecified atom stereocenters. The third-order valence-corrected chi connectivity index (χ3v) is 5.69. The van der Waals surface area contributed by atoms with Crippen LogP contribution in [0, 0.1) is 5.82 Å². The van der Waals surface area contributed by atoms with Crippen LogP contribution >= 0.6 is 0 Å². The molecule has 0 spiro atoms. The van der Waals surface area contributed by atoms with Gasteiger partial charge < -0.3 is 5.32 Å². The minimum absolute atomic E-state index is 0.341. The van der Waals surface area contributed by atoms with Crippen molar-refractivity contribution in [2.24, 2.45) is 0 Å². The molecule has 0 saturated heterocycles. The molecule has 0 radical (unpaired) electrons. The minimum atomic E-state index is -4.61. The maximum atomic E-state index is 13.5. The summed E-state index contributed by atoms with van der Waals surface area (Å²) in [6.07, 6.45) is 2.45. The molecule has 0 fully saturated rings. The van der Waals surface area contributed by atoms with E-state index in [4.69, 9.17) is 0 Å². The number of alkyl halides is 3. The number of nitrogens with zero attached hydrogens (tertiary/aromatic N) is 5. The highest BCUT2D eigenvalue weighted by atomic mass is 19.4. The third kappa shape index (κ3) is 4.70. The normalized spacial score (nSPS) is 12.5. The number of fused-ring (bicyclic) bond motifs is 1. The topological polar surface area (TPSA) is 76.5 Å². The minimum Gasteiger partial charge on any atom is -0.363 e. The second-order valence-corrected chi connectivity index (χ2v) is 8.09. The summed E-state index contributed by atoms with van der Waals surface area (Å²) in [6, 6.07) is 13.3. The third-order valence-electron chi connectivity index (χ3n) is 5.69. The molecule has 36 heavy (non-hydrogen) atoms. The van der Waals surface area contributed by atoms with Crippen LogP contribution < -0.4 is 5.32 Å². The molecule has 0 aliphatic heterocycles. The average molecular weight is 490 g/mol. The van der Waals surface area contributed by atoms with Gasteiger partial charge in [0, 0.05) is 41.3 Å². The van der Waals surface area contributed by atoms with Crippen LogP contribution in [0.5, 0.6) is 0 Å². The smallest absolute Gasteiger partial charge is 0.363 e. The maximum absolute atomic E-state index is 13.5. The van der Waals surface area contributed by atoms with E-state index in [0.29, 0.717) is 22.3 Å². The summed E-state index contributed by atoms with van der Waals surface area (Å²) in [4.78, 5) is 19.9. The Morgan fingerprint density at radius 3 is 2.17 bits per heavy atom. The number of hydrogen-bond acceptors (Lipinski definition) is 6. The van der Waals surface area contributed by atoms with Crippen molar-refractivity contribution in [3.05, 3.63) is 96.9 Å². The fourth-order valence-electron chi connectivity index (χ4n) is 3.84. The number of halogens is 4. The molecule has 2 aromatic carbocycles. The van der Waals surface area contributed by atoms with E-state index in [1.54, 1.807) is 31.5 Å². The van der Waals surface area contributed by atoms with Crippen LogP contribution in [0.3, 0.4) is 0 Å². The molecule has 0 aliphatic carbocycles. The van der Waals surface area contributed by atoms with Crippen molar-refractivity contribution in [3.63, 3.8) is 0 Å². The molecule has 0 amide bonds. The molecule has 0 bridgehead atoms. The highest BCUT2D eigenvalue weighted by Crippen LogP contribution is 2.36. The number of pyridine rings is 1. The summed E-state index contributed by atoms with van der Waals surface area (Å²) in [7, 11) is 0. The van der Waals surface area contributed by atoms with E-state index < -0.39 is 18.0 Å². The first kappa shape index (κ1) is 23.3. The van der Waals surface area contributed by atoms with Gasteiger partial charge in [-0.2, -0.15) is 13.2 Å². The predicted molar refractivity (Wildman–Crippen MR) is 127 cm³/mol. The van der Waals surface area contributed by atoms with E-state index in [-0.39, 0.29) is 5.82 Å². The number of hydrogen-bond donors (Lipinski definition) is 1. The van der Waals surface area contributed by atoms with Gasteiger partial charge in [0.15, 0.2) is 0 Å². The quantitative estimate of drug-likeness (QED) is 0.284. The van der Waals surface area contributed by atoms with E-state index in [1.807, 2.05) is 24.3 Å². The van der Waals surface area contributed by atoms with Crippen LogP contribution in [0.1, 0.15) is 24.4 Å². The molecule has 3 aromatic heterocycles. The van der Waals surface area contributed by atoms with Gasteiger partial charge in [-0.1, -0.05) is 12.1 Å². The van der Waals surface area contributed by atoms with Crippen LogP contribution in [0.25, 0.3) is 33.2 Å². The standard InChI is InChI=1S/C26H18F4N6/c1-15(19-12-32-25(33-13-19)26(28,29)30)36-24-22-11-18(16-2-4-20(27)5-3-16)10-21(23(22)34-14-35-24)17-6-8-31-9-7-17/h2-15H,1H3,(H,34,35,36). The highest BCUT2D eigenvalue weighted by molar-refractivity contribution is 6.02. The van der Waals surface area contributed by atoms with Crippen molar-refractivity contribution in [3.8, 4) is 22.3 Å². The predicted octanol–water partition coefficient (Wildman–Crippen LogP) is 6.48. The molecule has 0 aliphatic rings. The van der Waals surface area contributed by atoms with E-state index in [0.717, 1.165) is 34.6 Å². The van der Waals surface area contributed by atoms with Crippen molar-refractivity contribution >= 4 is 16.7 Å². The van der Waals surface area contributed by atoms with Gasteiger partial charge in [-0.25, -0.2) is 24.3 Å². The highest BCUT2D eigenvalue weighted by Gasteiger charge is 2.34. The summed E-state index contributed by atoms with van der Waals surface area (Å²) >= 11 is 0. The second kappa shape index (κ2) is 9.29. The van der Waals surface area contributed by atoms with Crippen LogP contribution in [0.15, 0.2) is 79.6 Å². The van der Waals surface area contributed by atoms with Crippen molar-refractivity contribution in [2.45, 2.75) is 19.1 Å². The molecular formula is C26H18F4N6. The van der Waals surface area contributed by atoms with Crippen molar-refractivity contribution in [2.75, 3.05) is 5.32 Å². The number of nitrogens with one attached hydrogen (secondary N) is 1. The SMILES string of the molecule is CC(Nc1ncnc2c(-c3ccncc3)cc(-c3ccc(F)cc3)cc12)c1cnc(C(F)(F)F)nc1.